The molecule has 0 saturated heterocycles. The molecule has 3 heterocycles. The molecule has 9 heteroatoms. The minimum atomic E-state index is -1.64. The number of hydrogen-bond acceptors (Lipinski definition) is 4. The number of alkyl halides is 1. The summed E-state index contributed by atoms with van der Waals surface area (Å²) in [7, 11) is 1.83. The molecule has 0 aliphatic carbocycles. The molecule has 2 atom stereocenters. The molecule has 0 radical (unpaired) electrons. The molecular formula is C29H28F3N3O3. The quantitative estimate of drug-likeness (QED) is 0.301. The van der Waals surface area contributed by atoms with Gasteiger partial charge >= 0.3 is 5.97 Å². The average Bonchev–Trinajstić information content (AvgIpc) is 3.41. The molecule has 6 nitrogen and oxygen atoms in total. The van der Waals surface area contributed by atoms with E-state index in [0.717, 1.165) is 46.4 Å². The number of aromatic nitrogens is 2. The van der Waals surface area contributed by atoms with Crippen molar-refractivity contribution in [1.82, 2.24) is 14.7 Å². The van der Waals surface area contributed by atoms with Gasteiger partial charge in [0.1, 0.15) is 34.7 Å². The van der Waals surface area contributed by atoms with Crippen LogP contribution in [0.15, 0.2) is 53.2 Å². The van der Waals surface area contributed by atoms with Crippen LogP contribution in [0.5, 0.6) is 0 Å². The molecule has 0 unspecified atom stereocenters. The van der Waals surface area contributed by atoms with E-state index in [1.807, 2.05) is 38.4 Å². The van der Waals surface area contributed by atoms with Crippen LogP contribution in [-0.4, -0.2) is 44.0 Å². The monoisotopic (exact) mass is 523 g/mol. The molecule has 1 aliphatic rings. The summed E-state index contributed by atoms with van der Waals surface area (Å²) in [5, 5.41) is 14.0. The minimum absolute atomic E-state index is 0.0679. The third-order valence-electron chi connectivity index (χ3n) is 6.86. The zero-order valence-electron chi connectivity index (χ0n) is 21.5. The molecule has 38 heavy (non-hydrogen) atoms. The summed E-state index contributed by atoms with van der Waals surface area (Å²) in [5.74, 6) is -2.58. The second kappa shape index (κ2) is 9.47. The average molecular weight is 524 g/mol. The van der Waals surface area contributed by atoms with Crippen molar-refractivity contribution in [2.24, 2.45) is 7.05 Å². The fourth-order valence-electron chi connectivity index (χ4n) is 5.27. The molecule has 2 aromatic heterocycles. The highest BCUT2D eigenvalue weighted by Gasteiger charge is 2.42. The Labute approximate surface area is 218 Å². The number of fused-ring (bicyclic) bond motifs is 3. The normalized spacial score (nSPS) is 18.4. The molecule has 5 rings (SSSR count). The third kappa shape index (κ3) is 4.86. The largest absolute Gasteiger partial charge is 0.478 e. The van der Waals surface area contributed by atoms with E-state index in [4.69, 9.17) is 9.52 Å². The van der Waals surface area contributed by atoms with E-state index in [-0.39, 0.29) is 23.7 Å². The molecule has 0 amide bonds. The molecule has 1 N–H and O–H groups in total. The molecule has 4 aromatic rings. The number of carboxylic acid groups (broad SMARTS) is 1. The lowest BCUT2D eigenvalue weighted by Crippen LogP contribution is -2.48. The van der Waals surface area contributed by atoms with Crippen LogP contribution in [0.25, 0.3) is 28.2 Å². The Morgan fingerprint density at radius 1 is 1.21 bits per heavy atom. The first-order valence-electron chi connectivity index (χ1n) is 12.3. The number of nitrogens with zero attached hydrogens (tertiary/aromatic N) is 3. The highest BCUT2D eigenvalue weighted by atomic mass is 19.1. The number of furan rings is 1. The van der Waals surface area contributed by atoms with Crippen LogP contribution in [0.1, 0.15) is 49.3 Å². The van der Waals surface area contributed by atoms with Gasteiger partial charge in [-0.2, -0.15) is 5.10 Å². The van der Waals surface area contributed by atoms with Crippen molar-refractivity contribution in [3.8, 4) is 11.1 Å². The first kappa shape index (κ1) is 25.8. The van der Waals surface area contributed by atoms with Crippen molar-refractivity contribution in [2.75, 3.05) is 6.54 Å². The van der Waals surface area contributed by atoms with Crippen molar-refractivity contribution >= 4 is 23.0 Å². The molecule has 0 spiro atoms. The van der Waals surface area contributed by atoms with Gasteiger partial charge in [0.05, 0.1) is 6.20 Å². The zero-order valence-corrected chi connectivity index (χ0v) is 21.5. The maximum Gasteiger partial charge on any atom is 0.328 e. The van der Waals surface area contributed by atoms with E-state index in [1.165, 1.54) is 13.8 Å². The molecule has 0 fully saturated rings. The van der Waals surface area contributed by atoms with Gasteiger partial charge in [-0.1, -0.05) is 6.07 Å². The van der Waals surface area contributed by atoms with E-state index in [0.29, 0.717) is 17.8 Å². The van der Waals surface area contributed by atoms with E-state index in [1.54, 1.807) is 15.8 Å². The predicted molar refractivity (Wildman–Crippen MR) is 138 cm³/mol. The topological polar surface area (TPSA) is 71.5 Å². The number of carboxylic acids is 1. The summed E-state index contributed by atoms with van der Waals surface area (Å²) in [5.41, 5.74) is 1.41. The van der Waals surface area contributed by atoms with Gasteiger partial charge in [0.15, 0.2) is 0 Å². The Kier molecular flexibility index (Phi) is 6.43. The molecular weight excluding hydrogens is 495 g/mol. The van der Waals surface area contributed by atoms with Crippen LogP contribution < -0.4 is 0 Å². The Hall–Kier alpha value is -3.85. The summed E-state index contributed by atoms with van der Waals surface area (Å²) in [6, 6.07) is 6.61. The molecule has 198 valence electrons. The summed E-state index contributed by atoms with van der Waals surface area (Å²) in [4.78, 5) is 12.6. The van der Waals surface area contributed by atoms with Crippen LogP contribution >= 0.6 is 0 Å². The Morgan fingerprint density at radius 3 is 2.53 bits per heavy atom. The van der Waals surface area contributed by atoms with Crippen LogP contribution in [-0.2, 0) is 18.3 Å². The lowest BCUT2D eigenvalue weighted by Gasteiger charge is -2.42. The number of hydrogen-bond donors (Lipinski definition) is 1. The summed E-state index contributed by atoms with van der Waals surface area (Å²) in [6.07, 6.45) is 6.10. The molecule has 2 aromatic carbocycles. The standard InChI is InChI=1S/C29H28F3N3O3/c1-16-9-21-20-12-18(19-13-33-34(4)14-19)6-7-24(20)38-28(21)27(35(16)15-29(2,3)32)26-22(30)10-17(11-23(26)31)5-8-25(36)37/h5-8,10-14,16,27H,9,15H2,1-4H3,(H,36,37)/b8-5+/t16-,27-/m1/s1. The third-order valence-corrected chi connectivity index (χ3v) is 6.86. The maximum absolute atomic E-state index is 15.6. The van der Waals surface area contributed by atoms with Gasteiger partial charge in [-0.05, 0) is 68.7 Å². The molecule has 0 saturated carbocycles. The van der Waals surface area contributed by atoms with Crippen molar-refractivity contribution in [1.29, 1.82) is 0 Å². The van der Waals surface area contributed by atoms with Gasteiger partial charge in [-0.15, -0.1) is 0 Å². The lowest BCUT2D eigenvalue weighted by molar-refractivity contribution is -0.131. The predicted octanol–water partition coefficient (Wildman–Crippen LogP) is 6.29. The number of carbonyl (C=O) groups is 1. The Bertz CT molecular complexity index is 1540. The number of halogens is 3. The van der Waals surface area contributed by atoms with Gasteiger partial charge in [-0.3, -0.25) is 9.58 Å². The van der Waals surface area contributed by atoms with Crippen molar-refractivity contribution < 1.29 is 27.5 Å². The number of rotatable bonds is 6. The van der Waals surface area contributed by atoms with Gasteiger partial charge in [0.25, 0.3) is 0 Å². The van der Waals surface area contributed by atoms with Crippen LogP contribution in [0, 0.1) is 11.6 Å². The fourth-order valence-corrected chi connectivity index (χ4v) is 5.27. The highest BCUT2D eigenvalue weighted by molar-refractivity contribution is 5.88. The first-order chi connectivity index (χ1) is 17.9. The van der Waals surface area contributed by atoms with Gasteiger partial charge in [0.2, 0.25) is 0 Å². The van der Waals surface area contributed by atoms with Crippen LogP contribution in [0.3, 0.4) is 0 Å². The van der Waals surface area contributed by atoms with Crippen molar-refractivity contribution in [3.63, 3.8) is 0 Å². The van der Waals surface area contributed by atoms with Crippen LogP contribution in [0.4, 0.5) is 13.2 Å². The summed E-state index contributed by atoms with van der Waals surface area (Å²) >= 11 is 0. The van der Waals surface area contributed by atoms with E-state index in [2.05, 4.69) is 5.10 Å². The number of aryl methyl sites for hydroxylation is 1. The van der Waals surface area contributed by atoms with E-state index >= 15 is 8.78 Å². The SMILES string of the molecule is C[C@@H]1Cc2c(oc3ccc(-c4cnn(C)c4)cc23)[C@@H](c2c(F)cc(/C=C/C(=O)O)cc2F)N1CC(C)(C)F. The van der Waals surface area contributed by atoms with Gasteiger partial charge in [-0.25, -0.2) is 18.0 Å². The first-order valence-corrected chi connectivity index (χ1v) is 12.3. The highest BCUT2D eigenvalue weighted by Crippen LogP contribution is 2.45. The zero-order chi connectivity index (χ0) is 27.4. The maximum atomic E-state index is 15.6. The van der Waals surface area contributed by atoms with E-state index < -0.39 is 29.3 Å². The molecule has 0 bridgehead atoms. The lowest BCUT2D eigenvalue weighted by atomic mass is 9.87. The number of benzene rings is 2. The fraction of sp³-hybridized carbons (Fsp3) is 0.310. The Balaban J connectivity index is 1.69. The summed E-state index contributed by atoms with van der Waals surface area (Å²) < 4.78 is 54.1. The second-order valence-corrected chi connectivity index (χ2v) is 10.5. The van der Waals surface area contributed by atoms with Crippen molar-refractivity contribution in [3.05, 3.63) is 82.9 Å². The van der Waals surface area contributed by atoms with Crippen molar-refractivity contribution in [2.45, 2.75) is 44.9 Å². The van der Waals surface area contributed by atoms with Crippen LogP contribution in [0.2, 0.25) is 0 Å². The summed E-state index contributed by atoms with van der Waals surface area (Å²) in [6.45, 7) is 4.69. The minimum Gasteiger partial charge on any atom is -0.478 e. The van der Waals surface area contributed by atoms with Gasteiger partial charge in [0, 0.05) is 54.0 Å². The Morgan fingerprint density at radius 2 is 1.92 bits per heavy atom. The smallest absolute Gasteiger partial charge is 0.328 e. The molecule has 1 aliphatic heterocycles. The number of aliphatic carboxylic acids is 1. The van der Waals surface area contributed by atoms with E-state index in [9.17, 15) is 9.18 Å². The second-order valence-electron chi connectivity index (χ2n) is 10.5. The van der Waals surface area contributed by atoms with Gasteiger partial charge < -0.3 is 9.52 Å².